The average molecular weight is 350 g/mol. The lowest BCUT2D eigenvalue weighted by molar-refractivity contribution is -0.127. The third-order valence-corrected chi connectivity index (χ3v) is 5.76. The second-order valence-electron chi connectivity index (χ2n) is 6.66. The largest absolute Gasteiger partial charge is 0.352 e. The van der Waals surface area contributed by atoms with Gasteiger partial charge in [0.2, 0.25) is 5.91 Å². The van der Waals surface area contributed by atoms with Gasteiger partial charge in [-0.15, -0.1) is 0 Å². The zero-order valence-corrected chi connectivity index (χ0v) is 14.1. The molecule has 0 aliphatic heterocycles. The first-order valence-electron chi connectivity index (χ1n) is 8.24. The fourth-order valence-electron chi connectivity index (χ4n) is 4.09. The molecule has 3 rings (SSSR count). The molecule has 2 aliphatic rings. The Morgan fingerprint density at radius 3 is 2.76 bits per heavy atom. The van der Waals surface area contributed by atoms with Gasteiger partial charge < -0.3 is 5.32 Å². The van der Waals surface area contributed by atoms with Crippen molar-refractivity contribution < 1.29 is 4.79 Å². The fourth-order valence-corrected chi connectivity index (χ4v) is 4.54. The highest BCUT2D eigenvalue weighted by molar-refractivity contribution is 9.10. The Bertz CT molecular complexity index is 502. The number of nitrogens with one attached hydrogen (secondary N) is 1. The molecule has 1 aromatic rings. The average Bonchev–Trinajstić information content (AvgIpc) is 2.52. The van der Waals surface area contributed by atoms with E-state index >= 15 is 0 Å². The predicted octanol–water partition coefficient (Wildman–Crippen LogP) is 4.67. The van der Waals surface area contributed by atoms with Crippen molar-refractivity contribution in [3.05, 3.63) is 34.3 Å². The van der Waals surface area contributed by atoms with Gasteiger partial charge in [0.1, 0.15) is 0 Å². The molecule has 1 aromatic carbocycles. The Kier molecular flexibility index (Phi) is 4.99. The van der Waals surface area contributed by atoms with Crippen molar-refractivity contribution in [1.82, 2.24) is 5.32 Å². The monoisotopic (exact) mass is 349 g/mol. The van der Waals surface area contributed by atoms with Crippen LogP contribution in [0.15, 0.2) is 28.7 Å². The van der Waals surface area contributed by atoms with Gasteiger partial charge >= 0.3 is 0 Å². The van der Waals surface area contributed by atoms with E-state index in [4.69, 9.17) is 0 Å². The molecule has 3 atom stereocenters. The zero-order valence-electron chi connectivity index (χ0n) is 12.5. The quantitative estimate of drug-likeness (QED) is 0.843. The van der Waals surface area contributed by atoms with Crippen LogP contribution in [0.1, 0.15) is 50.5 Å². The van der Waals surface area contributed by atoms with Crippen LogP contribution in [0, 0.1) is 17.8 Å². The number of amides is 1. The van der Waals surface area contributed by atoms with E-state index in [1.807, 2.05) is 12.1 Å². The molecule has 0 saturated heterocycles. The van der Waals surface area contributed by atoms with Crippen LogP contribution < -0.4 is 5.32 Å². The molecule has 1 amide bonds. The van der Waals surface area contributed by atoms with Crippen LogP contribution in [-0.4, -0.2) is 5.91 Å². The molecule has 3 heteroatoms. The van der Waals surface area contributed by atoms with Crippen molar-refractivity contribution in [1.29, 1.82) is 0 Å². The Labute approximate surface area is 135 Å². The van der Waals surface area contributed by atoms with Gasteiger partial charge in [-0.2, -0.15) is 0 Å². The molecular weight excluding hydrogens is 326 g/mol. The molecule has 0 aromatic heterocycles. The zero-order chi connectivity index (χ0) is 14.7. The van der Waals surface area contributed by atoms with E-state index in [1.54, 1.807) is 0 Å². The minimum Gasteiger partial charge on any atom is -0.352 e. The second kappa shape index (κ2) is 6.95. The van der Waals surface area contributed by atoms with Gasteiger partial charge in [0.25, 0.3) is 0 Å². The normalized spacial score (nSPS) is 28.7. The van der Waals surface area contributed by atoms with Crippen LogP contribution in [0.3, 0.4) is 0 Å². The molecule has 0 spiro atoms. The molecule has 114 valence electrons. The van der Waals surface area contributed by atoms with Crippen molar-refractivity contribution in [2.45, 2.75) is 51.5 Å². The van der Waals surface area contributed by atoms with E-state index in [0.717, 1.165) is 34.7 Å². The maximum Gasteiger partial charge on any atom is 0.223 e. The second-order valence-corrected chi connectivity index (χ2v) is 7.58. The summed E-state index contributed by atoms with van der Waals surface area (Å²) in [6.07, 6.45) is 8.99. The highest BCUT2D eigenvalue weighted by Gasteiger charge is 2.34. The number of fused-ring (bicyclic) bond motifs is 1. The molecule has 2 fully saturated rings. The maximum atomic E-state index is 12.4. The Morgan fingerprint density at radius 2 is 1.95 bits per heavy atom. The summed E-state index contributed by atoms with van der Waals surface area (Å²) in [6, 6.07) is 8.15. The Morgan fingerprint density at radius 1 is 1.14 bits per heavy atom. The summed E-state index contributed by atoms with van der Waals surface area (Å²) >= 11 is 3.47. The molecular formula is C18H24BrNO. The van der Waals surface area contributed by atoms with Crippen molar-refractivity contribution in [2.24, 2.45) is 17.8 Å². The third-order valence-electron chi connectivity index (χ3n) is 5.27. The summed E-state index contributed by atoms with van der Waals surface area (Å²) in [5.74, 6) is 2.23. The number of rotatable bonds is 3. The van der Waals surface area contributed by atoms with Crippen LogP contribution in [0.4, 0.5) is 0 Å². The molecule has 2 saturated carbocycles. The lowest BCUT2D eigenvalue weighted by atomic mass is 9.67. The fraction of sp³-hybridized carbons (Fsp3) is 0.611. The van der Waals surface area contributed by atoms with Gasteiger partial charge in [-0.25, -0.2) is 0 Å². The summed E-state index contributed by atoms with van der Waals surface area (Å²) < 4.78 is 1.07. The lowest BCUT2D eigenvalue weighted by Crippen LogP contribution is -2.37. The minimum atomic E-state index is 0.247. The number of carbonyl (C=O) groups excluding carboxylic acids is 1. The standard InChI is InChI=1S/C18H24BrNO/c19-17-7-3-4-13(10-17)12-20-18(21)16-9-8-14-5-1-2-6-15(14)11-16/h3-4,7,10,14-16H,1-2,5-6,8-9,11-12H2,(H,20,21). The molecule has 0 heterocycles. The van der Waals surface area contributed by atoms with Crippen molar-refractivity contribution in [2.75, 3.05) is 0 Å². The van der Waals surface area contributed by atoms with Gasteiger partial charge in [0.15, 0.2) is 0 Å². The summed E-state index contributed by atoms with van der Waals surface area (Å²) in [5, 5.41) is 3.13. The van der Waals surface area contributed by atoms with Crippen molar-refractivity contribution in [3.8, 4) is 0 Å². The SMILES string of the molecule is O=C(NCc1cccc(Br)c1)C1CCC2CCCCC2C1. The Hall–Kier alpha value is -0.830. The highest BCUT2D eigenvalue weighted by atomic mass is 79.9. The van der Waals surface area contributed by atoms with E-state index in [9.17, 15) is 4.79 Å². The first kappa shape index (κ1) is 15.1. The minimum absolute atomic E-state index is 0.247. The first-order valence-corrected chi connectivity index (χ1v) is 9.04. The highest BCUT2D eigenvalue weighted by Crippen LogP contribution is 2.42. The molecule has 0 bridgehead atoms. The smallest absolute Gasteiger partial charge is 0.223 e. The van der Waals surface area contributed by atoms with Crippen LogP contribution in [-0.2, 0) is 11.3 Å². The van der Waals surface area contributed by atoms with Gasteiger partial charge in [0, 0.05) is 16.9 Å². The number of hydrogen-bond acceptors (Lipinski definition) is 1. The molecule has 2 nitrogen and oxygen atoms in total. The van der Waals surface area contributed by atoms with Crippen LogP contribution >= 0.6 is 15.9 Å². The van der Waals surface area contributed by atoms with Crippen LogP contribution in [0.5, 0.6) is 0 Å². The summed E-state index contributed by atoms with van der Waals surface area (Å²) in [4.78, 5) is 12.4. The number of hydrogen-bond donors (Lipinski definition) is 1. The summed E-state index contributed by atoms with van der Waals surface area (Å²) in [6.45, 7) is 0.642. The summed E-state index contributed by atoms with van der Waals surface area (Å²) in [5.41, 5.74) is 1.16. The molecule has 1 N–H and O–H groups in total. The maximum absolute atomic E-state index is 12.4. The van der Waals surface area contributed by atoms with Gasteiger partial charge in [-0.1, -0.05) is 53.7 Å². The lowest BCUT2D eigenvalue weighted by Gasteiger charge is -2.38. The third kappa shape index (κ3) is 3.88. The van der Waals surface area contributed by atoms with E-state index in [-0.39, 0.29) is 11.8 Å². The topological polar surface area (TPSA) is 29.1 Å². The van der Waals surface area contributed by atoms with E-state index in [0.29, 0.717) is 6.54 Å². The van der Waals surface area contributed by atoms with Crippen LogP contribution in [0.2, 0.25) is 0 Å². The van der Waals surface area contributed by atoms with E-state index in [2.05, 4.69) is 33.4 Å². The molecule has 2 aliphatic carbocycles. The van der Waals surface area contributed by atoms with Crippen LogP contribution in [0.25, 0.3) is 0 Å². The van der Waals surface area contributed by atoms with Crippen molar-refractivity contribution in [3.63, 3.8) is 0 Å². The molecule has 3 unspecified atom stereocenters. The number of benzene rings is 1. The molecule has 0 radical (unpaired) electrons. The van der Waals surface area contributed by atoms with Gasteiger partial charge in [0.05, 0.1) is 0 Å². The Balaban J connectivity index is 1.51. The predicted molar refractivity (Wildman–Crippen MR) is 88.8 cm³/mol. The molecule has 21 heavy (non-hydrogen) atoms. The summed E-state index contributed by atoms with van der Waals surface area (Å²) in [7, 11) is 0. The number of carbonyl (C=O) groups is 1. The first-order chi connectivity index (χ1) is 10.2. The van der Waals surface area contributed by atoms with Gasteiger partial charge in [-0.3, -0.25) is 4.79 Å². The van der Waals surface area contributed by atoms with Crippen molar-refractivity contribution >= 4 is 21.8 Å². The number of halogens is 1. The van der Waals surface area contributed by atoms with E-state index < -0.39 is 0 Å². The van der Waals surface area contributed by atoms with Gasteiger partial charge in [-0.05, 0) is 48.8 Å². The van der Waals surface area contributed by atoms with E-state index in [1.165, 1.54) is 32.1 Å².